The lowest BCUT2D eigenvalue weighted by Gasteiger charge is -2.41. The van der Waals surface area contributed by atoms with Crippen molar-refractivity contribution in [2.45, 2.75) is 90.4 Å². The third-order valence-corrected chi connectivity index (χ3v) is 15.0. The van der Waals surface area contributed by atoms with Crippen LogP contribution in [0.3, 0.4) is 0 Å². The maximum atomic E-state index is 17.0. The monoisotopic (exact) mass is 1030 g/mol. The summed E-state index contributed by atoms with van der Waals surface area (Å²) in [5, 5.41) is 11.9. The standard InChI is InChI=1S/C52H52ClF4N9O7/c1-7-30-31-17-29(11-12-37(31)59-43-33(30)21-66-38(43)19-35-34(48(66)68)24-72-49(69)51(35,70)8-2)71-22-26(4)47(67)64-14-15-65(27(5)20-64)46-32-18-36(53)40(45-41(52(55,56)57)25(3)16-39(58)60-45)42(54)44(32)61-50(62-46)73-23-28-10-9-13-63(28)6/h11-12,16-19,27-28,70H,4,7-10,13-15,20-24H2,1-3,5-6H3,(H2,58,60)/t27-,28-,51-/m0/s1. The number of aromatic nitrogens is 5. The van der Waals surface area contributed by atoms with Gasteiger partial charge < -0.3 is 44.3 Å². The van der Waals surface area contributed by atoms with Crippen LogP contribution in [0.25, 0.3) is 44.5 Å². The molecule has 382 valence electrons. The van der Waals surface area contributed by atoms with Crippen LogP contribution in [-0.4, -0.2) is 110 Å². The van der Waals surface area contributed by atoms with Crippen molar-refractivity contribution < 1.29 is 46.5 Å². The van der Waals surface area contributed by atoms with E-state index in [1.54, 1.807) is 34.6 Å². The number of anilines is 2. The number of pyridine rings is 3. The van der Waals surface area contributed by atoms with Gasteiger partial charge in [0.15, 0.2) is 11.4 Å². The summed E-state index contributed by atoms with van der Waals surface area (Å²) in [6, 6.07) is 8.86. The molecule has 4 aromatic heterocycles. The number of likely N-dealkylation sites (tertiary alicyclic amines) is 1. The molecule has 73 heavy (non-hydrogen) atoms. The molecule has 0 aliphatic carbocycles. The number of nitrogen functional groups attached to an aromatic ring is 1. The lowest BCUT2D eigenvalue weighted by molar-refractivity contribution is -0.172. The molecule has 16 nitrogen and oxygen atoms in total. The van der Waals surface area contributed by atoms with Gasteiger partial charge in [0.1, 0.15) is 42.7 Å². The van der Waals surface area contributed by atoms with Gasteiger partial charge in [-0.3, -0.25) is 9.59 Å². The summed E-state index contributed by atoms with van der Waals surface area (Å²) in [5.41, 5.74) is 4.63. The molecule has 0 radical (unpaired) electrons. The number of alkyl halides is 3. The number of hydrogen-bond acceptors (Lipinski definition) is 14. The van der Waals surface area contributed by atoms with Crippen LogP contribution in [0.1, 0.15) is 73.4 Å². The molecule has 21 heteroatoms. The Bertz CT molecular complexity index is 3390. The Hall–Kier alpha value is -6.90. The fraction of sp³-hybridized carbons (Fsp3) is 0.404. The first kappa shape index (κ1) is 49.7. The number of hydrogen-bond donors (Lipinski definition) is 2. The van der Waals surface area contributed by atoms with E-state index < -0.39 is 46.4 Å². The van der Waals surface area contributed by atoms with Crippen LogP contribution in [0.5, 0.6) is 11.8 Å². The largest absolute Gasteiger partial charge is 0.489 e. The Morgan fingerprint density at radius 3 is 2.51 bits per heavy atom. The number of rotatable bonds is 11. The van der Waals surface area contributed by atoms with E-state index in [4.69, 9.17) is 41.5 Å². The van der Waals surface area contributed by atoms with Gasteiger partial charge in [-0.25, -0.2) is 19.2 Å². The number of carbonyl (C=O) groups is 2. The molecule has 2 aromatic carbocycles. The second-order valence-corrected chi connectivity index (χ2v) is 19.6. The third-order valence-electron chi connectivity index (χ3n) is 14.7. The average Bonchev–Trinajstić information content (AvgIpc) is 3.94. The highest BCUT2D eigenvalue weighted by atomic mass is 35.5. The Morgan fingerprint density at radius 1 is 1.03 bits per heavy atom. The molecule has 1 amide bonds. The molecule has 4 aliphatic heterocycles. The molecule has 6 aromatic rings. The number of aliphatic hydroxyl groups is 1. The number of likely N-dealkylation sites (N-methyl/N-ethyl adjacent to an activating group) is 1. The Kier molecular flexibility index (Phi) is 12.6. The molecule has 0 unspecified atom stereocenters. The van der Waals surface area contributed by atoms with E-state index in [0.717, 1.165) is 42.0 Å². The predicted molar refractivity (Wildman–Crippen MR) is 265 cm³/mol. The number of fused-ring (bicyclic) bond motifs is 6. The molecule has 2 saturated heterocycles. The van der Waals surface area contributed by atoms with Crippen molar-refractivity contribution in [2.75, 3.05) is 57.1 Å². The lowest BCUT2D eigenvalue weighted by Crippen LogP contribution is -2.54. The summed E-state index contributed by atoms with van der Waals surface area (Å²) in [5.74, 6) is -1.88. The number of carbonyl (C=O) groups excluding carboxylic acids is 2. The van der Waals surface area contributed by atoms with E-state index in [-0.39, 0.29) is 126 Å². The Balaban J connectivity index is 0.886. The van der Waals surface area contributed by atoms with Gasteiger partial charge in [-0.2, -0.15) is 23.1 Å². The summed E-state index contributed by atoms with van der Waals surface area (Å²) < 4.78 is 79.7. The number of cyclic esters (lactones) is 1. The van der Waals surface area contributed by atoms with Crippen molar-refractivity contribution >= 4 is 56.9 Å². The van der Waals surface area contributed by atoms with Crippen LogP contribution in [0, 0.1) is 12.7 Å². The van der Waals surface area contributed by atoms with Gasteiger partial charge in [-0.1, -0.05) is 32.0 Å². The molecule has 3 atom stereocenters. The van der Waals surface area contributed by atoms with Gasteiger partial charge in [0.25, 0.3) is 11.5 Å². The van der Waals surface area contributed by atoms with E-state index in [2.05, 4.69) is 21.4 Å². The summed E-state index contributed by atoms with van der Waals surface area (Å²) in [6.07, 6.45) is -2.49. The molecule has 3 N–H and O–H groups in total. The van der Waals surface area contributed by atoms with Crippen molar-refractivity contribution in [3.63, 3.8) is 0 Å². The van der Waals surface area contributed by atoms with Gasteiger partial charge in [0.05, 0.1) is 50.9 Å². The highest BCUT2D eigenvalue weighted by molar-refractivity contribution is 6.34. The summed E-state index contributed by atoms with van der Waals surface area (Å²) in [4.78, 5) is 64.1. The highest BCUT2D eigenvalue weighted by Gasteiger charge is 2.46. The van der Waals surface area contributed by atoms with Gasteiger partial charge in [0.2, 0.25) is 0 Å². The van der Waals surface area contributed by atoms with E-state index >= 15 is 4.39 Å². The molecule has 8 heterocycles. The average molecular weight is 1030 g/mol. The number of benzene rings is 2. The minimum Gasteiger partial charge on any atom is -0.489 e. The number of halogens is 5. The molecule has 0 spiro atoms. The first-order valence-corrected chi connectivity index (χ1v) is 24.5. The van der Waals surface area contributed by atoms with Gasteiger partial charge in [-0.15, -0.1) is 0 Å². The number of nitrogens with two attached hydrogens (primary N) is 1. The SMILES string of the molecule is C=C(COc1ccc2nc3c(c(CC)c2c1)Cn1c-3cc2c(c1=O)COC(=O)[C@]2(O)CC)C(=O)N1CCN(c2nc(OC[C@@H]3CCCN3C)nc3c(F)c(-c4nc(N)cc(C)c4C(F)(F)F)c(Cl)cc23)[C@@H](C)C1. The van der Waals surface area contributed by atoms with Crippen molar-refractivity contribution in [1.29, 1.82) is 0 Å². The molecular weight excluding hydrogens is 974 g/mol. The fourth-order valence-electron chi connectivity index (χ4n) is 10.8. The molecule has 0 bridgehead atoms. The first-order valence-electron chi connectivity index (χ1n) is 24.1. The van der Waals surface area contributed by atoms with Gasteiger partial charge >= 0.3 is 18.2 Å². The molecular formula is C52H52ClF4N9O7. The van der Waals surface area contributed by atoms with Crippen LogP contribution >= 0.6 is 11.6 Å². The summed E-state index contributed by atoms with van der Waals surface area (Å²) in [7, 11) is 1.96. The number of piperazine rings is 1. The highest BCUT2D eigenvalue weighted by Crippen LogP contribution is 2.46. The lowest BCUT2D eigenvalue weighted by atomic mass is 9.86. The van der Waals surface area contributed by atoms with Crippen molar-refractivity contribution in [2.24, 2.45) is 0 Å². The van der Waals surface area contributed by atoms with E-state index in [1.165, 1.54) is 13.0 Å². The maximum Gasteiger partial charge on any atom is 0.418 e. The van der Waals surface area contributed by atoms with Crippen molar-refractivity contribution in [3.8, 4) is 34.4 Å². The van der Waals surface area contributed by atoms with Crippen LogP contribution in [0.2, 0.25) is 5.02 Å². The third kappa shape index (κ3) is 8.45. The Morgan fingerprint density at radius 2 is 1.81 bits per heavy atom. The van der Waals surface area contributed by atoms with Crippen molar-refractivity contribution in [3.05, 3.63) is 103 Å². The number of amides is 1. The zero-order valence-electron chi connectivity index (χ0n) is 40.8. The number of esters is 1. The zero-order valence-corrected chi connectivity index (χ0v) is 41.5. The number of ether oxygens (including phenoxy) is 3. The minimum absolute atomic E-state index is 0.0311. The van der Waals surface area contributed by atoms with E-state index in [0.29, 0.717) is 29.1 Å². The summed E-state index contributed by atoms with van der Waals surface area (Å²) >= 11 is 6.71. The summed E-state index contributed by atoms with van der Waals surface area (Å²) in [6.45, 7) is 12.3. The smallest absolute Gasteiger partial charge is 0.418 e. The van der Waals surface area contributed by atoms with Crippen LogP contribution < -0.4 is 25.7 Å². The molecule has 10 rings (SSSR count). The predicted octanol–water partition coefficient (Wildman–Crippen LogP) is 7.49. The van der Waals surface area contributed by atoms with E-state index in [9.17, 15) is 32.7 Å². The second kappa shape index (κ2) is 18.5. The number of nitrogens with zero attached hydrogens (tertiary/aromatic N) is 8. The van der Waals surface area contributed by atoms with E-state index in [1.807, 2.05) is 31.9 Å². The zero-order chi connectivity index (χ0) is 52.0. The van der Waals surface area contributed by atoms with Crippen LogP contribution in [0.15, 0.2) is 53.3 Å². The quantitative estimate of drug-likeness (QED) is 0.0736. The second-order valence-electron chi connectivity index (χ2n) is 19.2. The molecule has 0 saturated carbocycles. The molecule has 2 fully saturated rings. The number of aryl methyl sites for hydroxylation is 2. The Labute approximate surface area is 421 Å². The fourth-order valence-corrected chi connectivity index (χ4v) is 11.1. The van der Waals surface area contributed by atoms with Crippen LogP contribution in [0.4, 0.5) is 29.2 Å². The van der Waals surface area contributed by atoms with Crippen molar-refractivity contribution in [1.82, 2.24) is 34.3 Å². The van der Waals surface area contributed by atoms with Gasteiger partial charge in [0, 0.05) is 59.2 Å². The molecule has 4 aliphatic rings. The van der Waals surface area contributed by atoms with Crippen LogP contribution in [-0.2, 0) is 45.7 Å². The normalized spacial score (nSPS) is 19.8. The first-order chi connectivity index (χ1) is 34.7. The van der Waals surface area contributed by atoms with Gasteiger partial charge in [-0.05, 0) is 101 Å². The minimum atomic E-state index is -4.92. The topological polar surface area (TPSA) is 191 Å². The maximum absolute atomic E-state index is 17.0.